The third-order valence-corrected chi connectivity index (χ3v) is 3.66. The molecule has 0 aromatic heterocycles. The minimum atomic E-state index is -0.236. The molecule has 0 aliphatic heterocycles. The van der Waals surface area contributed by atoms with Gasteiger partial charge in [0.15, 0.2) is 0 Å². The second-order valence-corrected chi connectivity index (χ2v) is 5.43. The second kappa shape index (κ2) is 7.94. The average molecular weight is 312 g/mol. The van der Waals surface area contributed by atoms with Gasteiger partial charge in [0.1, 0.15) is 5.82 Å². The maximum absolute atomic E-state index is 13.2. The molecule has 0 spiro atoms. The molecular weight excluding hydrogens is 295 g/mol. The highest BCUT2D eigenvalue weighted by Crippen LogP contribution is 2.19. The molecule has 0 fully saturated rings. The molecule has 3 aromatic carbocycles. The molecule has 0 bridgehead atoms. The standard InChI is InChI=1S/C23H17F/c24-23-17-15-22(16-18-23)21(13-11-19-7-3-1-4-8-19)14-12-20-9-5-2-6-10-20/h1-11,13,15-18,21H/b13-11+. The Morgan fingerprint density at radius 1 is 0.750 bits per heavy atom. The topological polar surface area (TPSA) is 0 Å². The van der Waals surface area contributed by atoms with Crippen LogP contribution in [0.2, 0.25) is 0 Å². The van der Waals surface area contributed by atoms with Crippen LogP contribution in [-0.2, 0) is 0 Å². The minimum absolute atomic E-state index is 0.0917. The van der Waals surface area contributed by atoms with E-state index in [1.807, 2.05) is 66.7 Å². The zero-order valence-electron chi connectivity index (χ0n) is 13.2. The highest BCUT2D eigenvalue weighted by atomic mass is 19.1. The van der Waals surface area contributed by atoms with Gasteiger partial charge in [-0.05, 0) is 35.4 Å². The van der Waals surface area contributed by atoms with Crippen molar-refractivity contribution in [1.29, 1.82) is 0 Å². The van der Waals surface area contributed by atoms with E-state index >= 15 is 0 Å². The number of halogens is 1. The van der Waals surface area contributed by atoms with Crippen molar-refractivity contribution in [2.45, 2.75) is 5.92 Å². The van der Waals surface area contributed by atoms with Gasteiger partial charge in [-0.1, -0.05) is 84.7 Å². The molecule has 1 unspecified atom stereocenters. The first-order valence-corrected chi connectivity index (χ1v) is 7.86. The van der Waals surface area contributed by atoms with Gasteiger partial charge in [0, 0.05) is 5.56 Å². The van der Waals surface area contributed by atoms with Crippen LogP contribution in [0, 0.1) is 17.7 Å². The van der Waals surface area contributed by atoms with Gasteiger partial charge in [0.25, 0.3) is 0 Å². The van der Waals surface area contributed by atoms with Gasteiger partial charge in [0.2, 0.25) is 0 Å². The summed E-state index contributed by atoms with van der Waals surface area (Å²) >= 11 is 0. The number of rotatable bonds is 3. The van der Waals surface area contributed by atoms with Gasteiger partial charge in [-0.25, -0.2) is 4.39 Å². The lowest BCUT2D eigenvalue weighted by Gasteiger charge is -2.06. The lowest BCUT2D eigenvalue weighted by Crippen LogP contribution is -1.92. The smallest absolute Gasteiger partial charge is 0.123 e. The Kier molecular flexibility index (Phi) is 5.22. The molecule has 0 saturated carbocycles. The van der Waals surface area contributed by atoms with Crippen molar-refractivity contribution in [3.63, 3.8) is 0 Å². The highest BCUT2D eigenvalue weighted by Gasteiger charge is 2.05. The van der Waals surface area contributed by atoms with Crippen molar-refractivity contribution in [3.8, 4) is 11.8 Å². The Bertz CT molecular complexity index is 851. The zero-order chi connectivity index (χ0) is 16.6. The molecule has 116 valence electrons. The summed E-state index contributed by atoms with van der Waals surface area (Å²) in [6, 6.07) is 26.5. The van der Waals surface area contributed by atoms with Crippen molar-refractivity contribution in [2.75, 3.05) is 0 Å². The molecular formula is C23H17F. The summed E-state index contributed by atoms with van der Waals surface area (Å²) in [4.78, 5) is 0. The van der Waals surface area contributed by atoms with E-state index in [-0.39, 0.29) is 11.7 Å². The summed E-state index contributed by atoms with van der Waals surface area (Å²) in [6.45, 7) is 0. The highest BCUT2D eigenvalue weighted by molar-refractivity contribution is 5.53. The van der Waals surface area contributed by atoms with Gasteiger partial charge >= 0.3 is 0 Å². The minimum Gasteiger partial charge on any atom is -0.207 e. The molecule has 3 rings (SSSR count). The van der Waals surface area contributed by atoms with Gasteiger partial charge in [-0.2, -0.15) is 0 Å². The van der Waals surface area contributed by atoms with Crippen LogP contribution in [-0.4, -0.2) is 0 Å². The first kappa shape index (κ1) is 15.8. The number of benzene rings is 3. The fraction of sp³-hybridized carbons (Fsp3) is 0.0435. The van der Waals surface area contributed by atoms with Crippen LogP contribution >= 0.6 is 0 Å². The molecule has 0 heterocycles. The molecule has 0 saturated heterocycles. The lowest BCUT2D eigenvalue weighted by molar-refractivity contribution is 0.627. The number of allylic oxidation sites excluding steroid dienone is 1. The Hall–Kier alpha value is -3.11. The summed E-state index contributed by atoms with van der Waals surface area (Å²) in [7, 11) is 0. The third-order valence-electron chi connectivity index (χ3n) is 3.66. The molecule has 1 heteroatoms. The Morgan fingerprint density at radius 2 is 1.38 bits per heavy atom. The average Bonchev–Trinajstić information content (AvgIpc) is 2.64. The van der Waals surface area contributed by atoms with E-state index < -0.39 is 0 Å². The van der Waals surface area contributed by atoms with Crippen molar-refractivity contribution < 1.29 is 4.39 Å². The fourth-order valence-electron chi connectivity index (χ4n) is 2.37. The van der Waals surface area contributed by atoms with Crippen molar-refractivity contribution >= 4 is 6.08 Å². The molecule has 0 amide bonds. The summed E-state index contributed by atoms with van der Waals surface area (Å²) in [5.74, 6) is 6.15. The van der Waals surface area contributed by atoms with E-state index in [4.69, 9.17) is 0 Å². The molecule has 1 atom stereocenters. The maximum Gasteiger partial charge on any atom is 0.123 e. The van der Waals surface area contributed by atoms with Gasteiger partial charge < -0.3 is 0 Å². The second-order valence-electron chi connectivity index (χ2n) is 5.43. The van der Waals surface area contributed by atoms with Gasteiger partial charge in [0.05, 0.1) is 5.92 Å². The van der Waals surface area contributed by atoms with Crippen molar-refractivity contribution in [1.82, 2.24) is 0 Å². The van der Waals surface area contributed by atoms with Crippen LogP contribution in [0.3, 0.4) is 0 Å². The van der Waals surface area contributed by atoms with Crippen LogP contribution in [0.4, 0.5) is 4.39 Å². The van der Waals surface area contributed by atoms with Crippen molar-refractivity contribution in [3.05, 3.63) is 114 Å². The summed E-state index contributed by atoms with van der Waals surface area (Å²) in [5, 5.41) is 0. The van der Waals surface area contributed by atoms with Crippen LogP contribution in [0.5, 0.6) is 0 Å². The SMILES string of the molecule is Fc1ccc(C(C#Cc2ccccc2)/C=C/c2ccccc2)cc1. The summed E-state index contributed by atoms with van der Waals surface area (Å²) < 4.78 is 13.2. The third kappa shape index (κ3) is 4.44. The van der Waals surface area contributed by atoms with Gasteiger partial charge in [-0.15, -0.1) is 0 Å². The number of hydrogen-bond acceptors (Lipinski definition) is 0. The maximum atomic E-state index is 13.2. The van der Waals surface area contributed by atoms with E-state index in [0.29, 0.717) is 0 Å². The van der Waals surface area contributed by atoms with E-state index in [9.17, 15) is 4.39 Å². The quantitative estimate of drug-likeness (QED) is 0.546. The predicted octanol–water partition coefficient (Wildman–Crippen LogP) is 5.67. The first-order valence-electron chi connectivity index (χ1n) is 7.86. The Balaban J connectivity index is 1.90. The molecule has 0 aliphatic rings. The van der Waals surface area contributed by atoms with E-state index in [2.05, 4.69) is 17.9 Å². The lowest BCUT2D eigenvalue weighted by atomic mass is 9.97. The molecule has 0 aliphatic carbocycles. The molecule has 0 nitrogen and oxygen atoms in total. The molecule has 0 N–H and O–H groups in total. The largest absolute Gasteiger partial charge is 0.207 e. The zero-order valence-corrected chi connectivity index (χ0v) is 13.2. The van der Waals surface area contributed by atoms with Crippen LogP contribution in [0.15, 0.2) is 91.0 Å². The molecule has 24 heavy (non-hydrogen) atoms. The van der Waals surface area contributed by atoms with Gasteiger partial charge in [-0.3, -0.25) is 0 Å². The Labute approximate surface area is 142 Å². The molecule has 0 radical (unpaired) electrons. The van der Waals surface area contributed by atoms with E-state index in [1.54, 1.807) is 12.1 Å². The fourth-order valence-corrected chi connectivity index (χ4v) is 2.37. The summed E-state index contributed by atoms with van der Waals surface area (Å²) in [6.07, 6.45) is 4.10. The van der Waals surface area contributed by atoms with Crippen LogP contribution in [0.1, 0.15) is 22.6 Å². The monoisotopic (exact) mass is 312 g/mol. The predicted molar refractivity (Wildman–Crippen MR) is 97.9 cm³/mol. The van der Waals surface area contributed by atoms with Crippen LogP contribution < -0.4 is 0 Å². The normalized spacial score (nSPS) is 11.7. The summed E-state index contributed by atoms with van der Waals surface area (Å²) in [5.41, 5.74) is 3.07. The van der Waals surface area contributed by atoms with Crippen molar-refractivity contribution in [2.24, 2.45) is 0 Å². The van der Waals surface area contributed by atoms with E-state index in [0.717, 1.165) is 16.7 Å². The van der Waals surface area contributed by atoms with E-state index in [1.165, 1.54) is 12.1 Å². The van der Waals surface area contributed by atoms with Crippen LogP contribution in [0.25, 0.3) is 6.08 Å². The Morgan fingerprint density at radius 3 is 2.04 bits per heavy atom. The number of hydrogen-bond donors (Lipinski definition) is 0. The first-order chi connectivity index (χ1) is 11.8. The molecule has 3 aromatic rings.